The number of likely N-dealkylation sites (tertiary alicyclic amines) is 1. The number of benzene rings is 2. The van der Waals surface area contributed by atoms with Crippen LogP contribution >= 0.6 is 23.4 Å². The number of halogens is 1. The fraction of sp³-hybridized carbons (Fsp3) is 0.424. The normalized spacial score (nSPS) is 28.5. The number of thioether (sulfide) groups is 1. The lowest BCUT2D eigenvalue weighted by molar-refractivity contribution is -0.143. The SMILES string of the molecule is O=C1[C@@H]2[C@H]3C(=O)N(CCCCCCO)C4C(=O)N(c5ccccc5Cl)CC=C[C@@]43S[C@@H]2C=CCN1Cc1ccccc1. The third-order valence-electron chi connectivity index (χ3n) is 8.91. The van der Waals surface area contributed by atoms with Gasteiger partial charge in [0.05, 0.1) is 27.3 Å². The van der Waals surface area contributed by atoms with Gasteiger partial charge in [0, 0.05) is 38.0 Å². The van der Waals surface area contributed by atoms with E-state index in [2.05, 4.69) is 6.08 Å². The lowest BCUT2D eigenvalue weighted by Crippen LogP contribution is -2.53. The van der Waals surface area contributed by atoms with Gasteiger partial charge in [0.25, 0.3) is 5.91 Å². The second-order valence-electron chi connectivity index (χ2n) is 11.4. The Bertz CT molecular complexity index is 1400. The molecule has 0 radical (unpaired) electrons. The highest BCUT2D eigenvalue weighted by Gasteiger charge is 2.71. The summed E-state index contributed by atoms with van der Waals surface area (Å²) in [4.78, 5) is 48.5. The molecule has 2 saturated heterocycles. The summed E-state index contributed by atoms with van der Waals surface area (Å²) in [6.07, 6.45) is 11.3. The first-order valence-electron chi connectivity index (χ1n) is 14.8. The molecule has 1 unspecified atom stereocenters. The summed E-state index contributed by atoms with van der Waals surface area (Å²) in [5, 5.41) is 9.48. The molecule has 1 N–H and O–H groups in total. The van der Waals surface area contributed by atoms with Crippen LogP contribution in [0.2, 0.25) is 5.02 Å². The first-order valence-corrected chi connectivity index (χ1v) is 16.0. The zero-order valence-corrected chi connectivity index (χ0v) is 25.1. The Hall–Kier alpha value is -3.07. The molecule has 42 heavy (non-hydrogen) atoms. The number of aliphatic hydroxyl groups is 1. The number of hydrogen-bond donors (Lipinski definition) is 1. The minimum Gasteiger partial charge on any atom is -0.396 e. The number of hydrogen-bond acceptors (Lipinski definition) is 5. The van der Waals surface area contributed by atoms with Gasteiger partial charge < -0.3 is 19.8 Å². The predicted molar refractivity (Wildman–Crippen MR) is 166 cm³/mol. The van der Waals surface area contributed by atoms with E-state index in [1.54, 1.807) is 27.6 Å². The lowest BCUT2D eigenvalue weighted by Gasteiger charge is -2.35. The highest BCUT2D eigenvalue weighted by Crippen LogP contribution is 2.61. The molecule has 0 bridgehead atoms. The van der Waals surface area contributed by atoms with Crippen LogP contribution in [0.1, 0.15) is 31.2 Å². The maximum Gasteiger partial charge on any atom is 0.251 e. The second-order valence-corrected chi connectivity index (χ2v) is 13.3. The maximum absolute atomic E-state index is 14.5. The topological polar surface area (TPSA) is 81.2 Å². The van der Waals surface area contributed by atoms with Crippen molar-refractivity contribution in [3.63, 3.8) is 0 Å². The van der Waals surface area contributed by atoms with Crippen molar-refractivity contribution < 1.29 is 19.5 Å². The molecular formula is C33H36ClN3O4S. The van der Waals surface area contributed by atoms with Crippen molar-refractivity contribution in [2.45, 2.75) is 48.3 Å². The van der Waals surface area contributed by atoms with Crippen LogP contribution in [-0.2, 0) is 20.9 Å². The molecule has 2 aromatic rings. The van der Waals surface area contributed by atoms with Crippen LogP contribution in [0.4, 0.5) is 5.69 Å². The highest BCUT2D eigenvalue weighted by atomic mass is 35.5. The molecule has 3 amide bonds. The van der Waals surface area contributed by atoms with Crippen molar-refractivity contribution in [3.05, 3.63) is 89.5 Å². The summed E-state index contributed by atoms with van der Waals surface area (Å²) in [6, 6.07) is 16.4. The second kappa shape index (κ2) is 12.3. The van der Waals surface area contributed by atoms with Crippen molar-refractivity contribution in [2.75, 3.05) is 31.1 Å². The smallest absolute Gasteiger partial charge is 0.251 e. The van der Waals surface area contributed by atoms with Gasteiger partial charge >= 0.3 is 0 Å². The molecule has 0 aromatic heterocycles. The van der Waals surface area contributed by atoms with E-state index in [-0.39, 0.29) is 29.6 Å². The Kier molecular flexibility index (Phi) is 8.48. The Morgan fingerprint density at radius 2 is 1.64 bits per heavy atom. The molecular weight excluding hydrogens is 570 g/mol. The van der Waals surface area contributed by atoms with Gasteiger partial charge in [-0.25, -0.2) is 0 Å². The minimum atomic E-state index is -0.861. The summed E-state index contributed by atoms with van der Waals surface area (Å²) in [5.74, 6) is -1.52. The van der Waals surface area contributed by atoms with Gasteiger partial charge in [0.2, 0.25) is 11.8 Å². The Morgan fingerprint density at radius 1 is 0.881 bits per heavy atom. The zero-order chi connectivity index (χ0) is 29.3. The molecule has 9 heteroatoms. The Labute approximate surface area is 256 Å². The summed E-state index contributed by atoms with van der Waals surface area (Å²) < 4.78 is -0.861. The van der Waals surface area contributed by atoms with Gasteiger partial charge in [0.1, 0.15) is 6.04 Å². The largest absolute Gasteiger partial charge is 0.396 e. The number of fused-ring (bicyclic) bond motifs is 2. The number of carbonyl (C=O) groups excluding carboxylic acids is 3. The number of nitrogens with zero attached hydrogens (tertiary/aromatic N) is 3. The molecule has 4 heterocycles. The minimum absolute atomic E-state index is 0.0341. The predicted octanol–water partition coefficient (Wildman–Crippen LogP) is 4.69. The van der Waals surface area contributed by atoms with Crippen molar-refractivity contribution in [1.29, 1.82) is 0 Å². The molecule has 0 aliphatic carbocycles. The standard InChI is InChI=1S/C33H36ClN3O4S/c34-24-14-6-7-15-25(24)36-20-11-17-33-28(31(40)37(29(33)32(36)41)19-8-1-2-9-21-38)27-26(42-33)16-10-18-35(30(27)39)22-23-12-4-3-5-13-23/h3-7,10-17,26-29,38H,1-2,8-9,18-22H2/t26-,27+,28+,29?,33+/m1/s1. The highest BCUT2D eigenvalue weighted by molar-refractivity contribution is 8.02. The number of para-hydroxylation sites is 1. The number of anilines is 1. The van der Waals surface area contributed by atoms with Crippen molar-refractivity contribution in [3.8, 4) is 0 Å². The summed E-state index contributed by atoms with van der Waals surface area (Å²) in [7, 11) is 0. The fourth-order valence-electron chi connectivity index (χ4n) is 7.01. The van der Waals surface area contributed by atoms with E-state index < -0.39 is 22.6 Å². The van der Waals surface area contributed by atoms with Crippen LogP contribution in [0.5, 0.6) is 0 Å². The van der Waals surface area contributed by atoms with E-state index in [0.717, 1.165) is 24.8 Å². The molecule has 4 aliphatic rings. The zero-order valence-electron chi connectivity index (χ0n) is 23.5. The number of carbonyl (C=O) groups is 3. The van der Waals surface area contributed by atoms with E-state index in [0.29, 0.717) is 43.3 Å². The van der Waals surface area contributed by atoms with Crippen molar-refractivity contribution in [1.82, 2.24) is 9.80 Å². The average Bonchev–Trinajstić information content (AvgIpc) is 3.31. The fourth-order valence-corrected chi connectivity index (χ4v) is 9.25. The number of unbranched alkanes of at least 4 members (excludes halogenated alkanes) is 3. The van der Waals surface area contributed by atoms with Gasteiger partial charge in [-0.05, 0) is 30.5 Å². The quantitative estimate of drug-likeness (QED) is 0.331. The van der Waals surface area contributed by atoms with Crippen molar-refractivity contribution >= 4 is 46.8 Å². The molecule has 5 atom stereocenters. The molecule has 1 spiro atoms. The third kappa shape index (κ3) is 5.07. The van der Waals surface area contributed by atoms with E-state index in [4.69, 9.17) is 11.6 Å². The molecule has 220 valence electrons. The van der Waals surface area contributed by atoms with Gasteiger partial charge in [-0.1, -0.05) is 91.2 Å². The van der Waals surface area contributed by atoms with Gasteiger partial charge in [-0.15, -0.1) is 11.8 Å². The number of rotatable bonds is 9. The number of amides is 3. The van der Waals surface area contributed by atoms with Crippen molar-refractivity contribution in [2.24, 2.45) is 11.8 Å². The van der Waals surface area contributed by atoms with Gasteiger partial charge in [0.15, 0.2) is 0 Å². The van der Waals surface area contributed by atoms with E-state index in [1.165, 1.54) is 0 Å². The first-order chi connectivity index (χ1) is 20.5. The monoisotopic (exact) mass is 605 g/mol. The molecule has 6 rings (SSSR count). The molecule has 2 aromatic carbocycles. The summed E-state index contributed by atoms with van der Waals surface area (Å²) in [5.41, 5.74) is 1.66. The van der Waals surface area contributed by atoms with Gasteiger partial charge in [-0.2, -0.15) is 0 Å². The Balaban J connectivity index is 1.36. The van der Waals surface area contributed by atoms with Crippen LogP contribution in [0.25, 0.3) is 0 Å². The maximum atomic E-state index is 14.5. The Morgan fingerprint density at radius 3 is 2.43 bits per heavy atom. The number of aliphatic hydroxyl groups excluding tert-OH is 1. The molecule has 7 nitrogen and oxygen atoms in total. The van der Waals surface area contributed by atoms with Crippen LogP contribution in [0.3, 0.4) is 0 Å². The molecule has 2 fully saturated rings. The third-order valence-corrected chi connectivity index (χ3v) is 11.0. The van der Waals surface area contributed by atoms with Crippen LogP contribution in [0.15, 0.2) is 78.9 Å². The summed E-state index contributed by atoms with van der Waals surface area (Å²) in [6.45, 7) is 1.87. The average molecular weight is 606 g/mol. The first kappa shape index (κ1) is 29.0. The van der Waals surface area contributed by atoms with E-state index in [9.17, 15) is 19.5 Å². The lowest BCUT2D eigenvalue weighted by atomic mass is 9.78. The van der Waals surface area contributed by atoms with Crippen LogP contribution in [-0.4, -0.2) is 74.9 Å². The van der Waals surface area contributed by atoms with Crippen LogP contribution < -0.4 is 4.90 Å². The molecule has 0 saturated carbocycles. The molecule has 4 aliphatic heterocycles. The van der Waals surface area contributed by atoms with Crippen LogP contribution in [0, 0.1) is 11.8 Å². The van der Waals surface area contributed by atoms with E-state index >= 15 is 0 Å². The summed E-state index contributed by atoms with van der Waals surface area (Å²) >= 11 is 8.16. The van der Waals surface area contributed by atoms with E-state index in [1.807, 2.05) is 71.7 Å². The van der Waals surface area contributed by atoms with Gasteiger partial charge in [-0.3, -0.25) is 14.4 Å².